The lowest BCUT2D eigenvalue weighted by molar-refractivity contribution is -0.125. The van der Waals surface area contributed by atoms with E-state index in [-0.39, 0.29) is 5.91 Å². The van der Waals surface area contributed by atoms with E-state index in [9.17, 15) is 13.6 Å². The largest absolute Gasteiger partial charge is 0.314 e. The number of rotatable bonds is 4. The first kappa shape index (κ1) is 19.9. The maximum Gasteiger partial charge on any atom is 0.259 e. The fraction of sp³-hybridized carbons (Fsp3) is 0.333. The van der Waals surface area contributed by atoms with Gasteiger partial charge in [0.25, 0.3) is 5.91 Å². The Balaban J connectivity index is 1.41. The number of hydrogen-bond acceptors (Lipinski definition) is 4. The molecule has 5 rings (SSSR count). The summed E-state index contributed by atoms with van der Waals surface area (Å²) in [6.07, 6.45) is 0.718. The second-order valence-corrected chi connectivity index (χ2v) is 8.31. The van der Waals surface area contributed by atoms with Gasteiger partial charge in [0.05, 0.1) is 18.7 Å². The third kappa shape index (κ3) is 3.74. The zero-order valence-corrected chi connectivity index (χ0v) is 17.4. The molecule has 160 valence electrons. The highest BCUT2D eigenvalue weighted by atomic mass is 19.1. The molecule has 2 aromatic carbocycles. The molecule has 0 spiro atoms. The Bertz CT molecular complexity index is 1090. The van der Waals surface area contributed by atoms with Crippen molar-refractivity contribution in [3.8, 4) is 0 Å². The number of amides is 1. The van der Waals surface area contributed by atoms with E-state index in [0.29, 0.717) is 31.7 Å². The number of halogens is 2. The number of carbonyl (C=O) groups is 1. The highest BCUT2D eigenvalue weighted by molar-refractivity contribution is 6.09. The second kappa shape index (κ2) is 7.89. The first-order valence-electron chi connectivity index (χ1n) is 10.6. The van der Waals surface area contributed by atoms with E-state index in [4.69, 9.17) is 0 Å². The zero-order chi connectivity index (χ0) is 21.5. The van der Waals surface area contributed by atoms with Crippen LogP contribution in [0.5, 0.6) is 0 Å². The summed E-state index contributed by atoms with van der Waals surface area (Å²) in [6.45, 7) is 5.57. The molecule has 1 amide bonds. The first-order chi connectivity index (χ1) is 15.0. The van der Waals surface area contributed by atoms with Crippen LogP contribution >= 0.6 is 0 Å². The predicted molar refractivity (Wildman–Crippen MR) is 114 cm³/mol. The number of nitrogens with zero attached hydrogens (tertiary/aromatic N) is 4. The molecular weight excluding hydrogens is 398 g/mol. The van der Waals surface area contributed by atoms with Gasteiger partial charge in [0.1, 0.15) is 11.6 Å². The van der Waals surface area contributed by atoms with Crippen molar-refractivity contribution in [3.05, 3.63) is 82.1 Å². The molecule has 0 atom stereocenters. The van der Waals surface area contributed by atoms with Gasteiger partial charge in [0.15, 0.2) is 0 Å². The van der Waals surface area contributed by atoms with Crippen molar-refractivity contribution in [1.29, 1.82) is 0 Å². The lowest BCUT2D eigenvalue weighted by atomic mass is 9.99. The third-order valence-electron chi connectivity index (χ3n) is 6.20. The molecule has 7 heteroatoms. The molecule has 31 heavy (non-hydrogen) atoms. The van der Waals surface area contributed by atoms with Gasteiger partial charge in [-0.25, -0.2) is 8.78 Å². The van der Waals surface area contributed by atoms with Crippen molar-refractivity contribution in [2.45, 2.75) is 26.4 Å². The zero-order valence-electron chi connectivity index (χ0n) is 17.4. The molecule has 3 aliphatic rings. The van der Waals surface area contributed by atoms with Gasteiger partial charge in [-0.1, -0.05) is 24.3 Å². The van der Waals surface area contributed by atoms with Crippen LogP contribution in [-0.4, -0.2) is 52.7 Å². The maximum atomic E-state index is 13.6. The van der Waals surface area contributed by atoms with Crippen LogP contribution in [0.15, 0.2) is 58.7 Å². The minimum Gasteiger partial charge on any atom is -0.314 e. The van der Waals surface area contributed by atoms with Crippen molar-refractivity contribution in [2.24, 2.45) is 4.99 Å². The van der Waals surface area contributed by atoms with Crippen LogP contribution in [0.25, 0.3) is 0 Å². The molecule has 0 bridgehead atoms. The number of hydrogen-bond donors (Lipinski definition) is 0. The van der Waals surface area contributed by atoms with Gasteiger partial charge in [-0.3, -0.25) is 19.6 Å². The number of aliphatic imine (C=N–C) groups is 1. The number of aryl methyl sites for hydroxylation is 1. The van der Waals surface area contributed by atoms with Crippen molar-refractivity contribution < 1.29 is 13.6 Å². The molecule has 0 aliphatic carbocycles. The van der Waals surface area contributed by atoms with Crippen LogP contribution in [0, 0.1) is 18.6 Å². The van der Waals surface area contributed by atoms with Crippen molar-refractivity contribution >= 4 is 11.9 Å². The topological polar surface area (TPSA) is 39.2 Å². The summed E-state index contributed by atoms with van der Waals surface area (Å²) in [5, 5.41) is 0. The van der Waals surface area contributed by atoms with Gasteiger partial charge in [0, 0.05) is 44.4 Å². The number of carbonyl (C=O) groups excluding carboxylic acids is 1. The minimum atomic E-state index is -0.581. The molecule has 3 heterocycles. The molecule has 0 radical (unpaired) electrons. The third-order valence-corrected chi connectivity index (χ3v) is 6.20. The van der Waals surface area contributed by atoms with E-state index in [2.05, 4.69) is 14.8 Å². The van der Waals surface area contributed by atoms with Gasteiger partial charge in [-0.2, -0.15) is 0 Å². The van der Waals surface area contributed by atoms with Crippen LogP contribution < -0.4 is 0 Å². The fourth-order valence-electron chi connectivity index (χ4n) is 4.67. The molecule has 0 fully saturated rings. The normalized spacial score (nSPS) is 18.9. The Kier molecular flexibility index (Phi) is 5.06. The molecule has 0 unspecified atom stereocenters. The number of fused-ring (bicyclic) bond motifs is 2. The van der Waals surface area contributed by atoms with Gasteiger partial charge in [-0.05, 0) is 35.7 Å². The molecule has 0 saturated heterocycles. The maximum absolute atomic E-state index is 13.6. The standard InChI is InChI=1S/C24H24F2N4O/c1-16-4-2-3-5-18(16)14-30-23(31)21-15-28(13-17-10-19(25)12-20(26)11-17)8-6-22(21)29-9-7-27-24(29)30/h2-5,10-12H,6-9,13-15H2,1H3. The van der Waals surface area contributed by atoms with Crippen molar-refractivity contribution in [3.63, 3.8) is 0 Å². The van der Waals surface area contributed by atoms with Gasteiger partial charge >= 0.3 is 0 Å². The Labute approximate surface area is 180 Å². The quantitative estimate of drug-likeness (QED) is 0.758. The first-order valence-corrected chi connectivity index (χ1v) is 10.6. The van der Waals surface area contributed by atoms with Crippen LogP contribution in [0.4, 0.5) is 8.78 Å². The smallest absolute Gasteiger partial charge is 0.259 e. The van der Waals surface area contributed by atoms with Crippen LogP contribution in [-0.2, 0) is 17.9 Å². The van der Waals surface area contributed by atoms with Crippen LogP contribution in [0.1, 0.15) is 23.1 Å². The monoisotopic (exact) mass is 422 g/mol. The summed E-state index contributed by atoms with van der Waals surface area (Å²) >= 11 is 0. The lowest BCUT2D eigenvalue weighted by Crippen LogP contribution is -2.53. The van der Waals surface area contributed by atoms with Crippen LogP contribution in [0.3, 0.4) is 0 Å². The Morgan fingerprint density at radius 2 is 1.81 bits per heavy atom. The summed E-state index contributed by atoms with van der Waals surface area (Å²) in [4.78, 5) is 24.2. The van der Waals surface area contributed by atoms with Gasteiger partial charge in [-0.15, -0.1) is 0 Å². The van der Waals surface area contributed by atoms with Crippen molar-refractivity contribution in [2.75, 3.05) is 26.2 Å². The van der Waals surface area contributed by atoms with E-state index in [1.54, 1.807) is 4.90 Å². The Hall–Kier alpha value is -3.06. The number of guanidine groups is 1. The summed E-state index contributed by atoms with van der Waals surface area (Å²) < 4.78 is 27.2. The van der Waals surface area contributed by atoms with E-state index >= 15 is 0 Å². The van der Waals surface area contributed by atoms with Gasteiger partial charge < -0.3 is 4.90 Å². The second-order valence-electron chi connectivity index (χ2n) is 8.31. The molecule has 0 aromatic heterocycles. The molecule has 2 aromatic rings. The number of benzene rings is 2. The molecule has 0 saturated carbocycles. The summed E-state index contributed by atoms with van der Waals surface area (Å²) in [6, 6.07) is 11.6. The summed E-state index contributed by atoms with van der Waals surface area (Å²) in [5.74, 6) is -0.441. The highest BCUT2D eigenvalue weighted by Crippen LogP contribution is 2.32. The van der Waals surface area contributed by atoms with Crippen molar-refractivity contribution in [1.82, 2.24) is 14.7 Å². The molecule has 3 aliphatic heterocycles. The minimum absolute atomic E-state index is 0.0229. The SMILES string of the molecule is Cc1ccccc1CN1C(=O)C2=C(CCN(Cc3cc(F)cc(F)c3)C2)N2CCN=C12. The van der Waals surface area contributed by atoms with E-state index in [1.807, 2.05) is 31.2 Å². The van der Waals surface area contributed by atoms with E-state index in [1.165, 1.54) is 12.1 Å². The van der Waals surface area contributed by atoms with E-state index < -0.39 is 11.6 Å². The fourth-order valence-corrected chi connectivity index (χ4v) is 4.67. The summed E-state index contributed by atoms with van der Waals surface area (Å²) in [5.41, 5.74) is 4.61. The lowest BCUT2D eigenvalue weighted by Gasteiger charge is -2.42. The molecular formula is C24H24F2N4O. The van der Waals surface area contributed by atoms with Gasteiger partial charge in [0.2, 0.25) is 5.96 Å². The van der Waals surface area contributed by atoms with E-state index in [0.717, 1.165) is 53.9 Å². The van der Waals surface area contributed by atoms with Crippen LogP contribution in [0.2, 0.25) is 0 Å². The molecule has 0 N–H and O–H groups in total. The Morgan fingerprint density at radius 3 is 2.58 bits per heavy atom. The average Bonchev–Trinajstić information content (AvgIpc) is 3.21. The Morgan fingerprint density at radius 1 is 1.03 bits per heavy atom. The summed E-state index contributed by atoms with van der Waals surface area (Å²) in [7, 11) is 0. The predicted octanol–water partition coefficient (Wildman–Crippen LogP) is 3.45. The molecule has 5 nitrogen and oxygen atoms in total. The average molecular weight is 422 g/mol. The highest BCUT2D eigenvalue weighted by Gasteiger charge is 2.41.